The van der Waals surface area contributed by atoms with Crippen LogP contribution >= 0.6 is 0 Å². The second-order valence-electron chi connectivity index (χ2n) is 4.38. The number of hydrogen-bond acceptors (Lipinski definition) is 4. The van der Waals surface area contributed by atoms with Gasteiger partial charge in [-0.3, -0.25) is 4.79 Å². The van der Waals surface area contributed by atoms with Gasteiger partial charge >= 0.3 is 0 Å². The van der Waals surface area contributed by atoms with Gasteiger partial charge in [0.25, 0.3) is 0 Å². The van der Waals surface area contributed by atoms with E-state index in [0.717, 1.165) is 17.7 Å². The predicted octanol–water partition coefficient (Wildman–Crippen LogP) is 0.406. The number of benzene rings is 1. The fourth-order valence-corrected chi connectivity index (χ4v) is 1.69. The highest BCUT2D eigenvalue weighted by Crippen LogP contribution is 2.12. The number of likely N-dealkylation sites (N-methyl/N-ethyl adjacent to an activating group) is 1. The highest BCUT2D eigenvalue weighted by Gasteiger charge is 2.16. The van der Waals surface area contributed by atoms with Crippen molar-refractivity contribution in [3.63, 3.8) is 0 Å². The van der Waals surface area contributed by atoms with Gasteiger partial charge in [0.2, 0.25) is 5.91 Å². The molecule has 1 rings (SSSR count). The maximum absolute atomic E-state index is 11.7. The summed E-state index contributed by atoms with van der Waals surface area (Å²) in [6.07, 6.45) is 0.743. The van der Waals surface area contributed by atoms with Crippen LogP contribution < -0.4 is 10.5 Å². The Morgan fingerprint density at radius 1 is 1.42 bits per heavy atom. The van der Waals surface area contributed by atoms with Crippen molar-refractivity contribution in [3.8, 4) is 5.75 Å². The average molecular weight is 266 g/mol. The van der Waals surface area contributed by atoms with E-state index in [-0.39, 0.29) is 12.5 Å². The smallest absolute Gasteiger partial charge is 0.241 e. The first-order valence-corrected chi connectivity index (χ1v) is 6.41. The van der Waals surface area contributed by atoms with Gasteiger partial charge in [0.1, 0.15) is 11.8 Å². The number of ether oxygens (including phenoxy) is 1. The molecule has 1 unspecified atom stereocenters. The van der Waals surface area contributed by atoms with Crippen molar-refractivity contribution < 1.29 is 14.6 Å². The normalized spacial score (nSPS) is 12.0. The summed E-state index contributed by atoms with van der Waals surface area (Å²) in [6.45, 7) is 2.83. The van der Waals surface area contributed by atoms with E-state index in [9.17, 15) is 4.79 Å². The molecule has 1 atom stereocenters. The summed E-state index contributed by atoms with van der Waals surface area (Å²) in [4.78, 5) is 13.2. The number of amides is 1. The Morgan fingerprint density at radius 3 is 2.58 bits per heavy atom. The molecule has 5 heteroatoms. The van der Waals surface area contributed by atoms with Crippen LogP contribution in [0.3, 0.4) is 0 Å². The second kappa shape index (κ2) is 7.76. The Morgan fingerprint density at radius 2 is 2.05 bits per heavy atom. The topological polar surface area (TPSA) is 75.8 Å². The molecule has 1 amide bonds. The summed E-state index contributed by atoms with van der Waals surface area (Å²) in [7, 11) is 1.69. The van der Waals surface area contributed by atoms with Gasteiger partial charge < -0.3 is 20.5 Å². The van der Waals surface area contributed by atoms with Gasteiger partial charge in [-0.05, 0) is 31.0 Å². The van der Waals surface area contributed by atoms with E-state index in [2.05, 4.69) is 0 Å². The van der Waals surface area contributed by atoms with Gasteiger partial charge in [-0.15, -0.1) is 0 Å². The molecule has 0 saturated heterocycles. The standard InChI is InChI=1S/C14H22N2O3/c1-3-19-12-6-4-11(5-7-12)8-9-16(2)14(18)13(15)10-17/h4-7,13,17H,3,8-10,15H2,1-2H3. The molecule has 106 valence electrons. The molecule has 0 bridgehead atoms. The second-order valence-corrected chi connectivity index (χ2v) is 4.38. The molecule has 1 aromatic rings. The van der Waals surface area contributed by atoms with Crippen molar-refractivity contribution in [2.24, 2.45) is 5.73 Å². The maximum Gasteiger partial charge on any atom is 0.241 e. The number of rotatable bonds is 7. The van der Waals surface area contributed by atoms with Crippen LogP contribution in [0.15, 0.2) is 24.3 Å². The van der Waals surface area contributed by atoms with Gasteiger partial charge in [0.15, 0.2) is 0 Å². The summed E-state index contributed by atoms with van der Waals surface area (Å²) in [5, 5.41) is 8.83. The van der Waals surface area contributed by atoms with E-state index >= 15 is 0 Å². The summed E-state index contributed by atoms with van der Waals surface area (Å²) in [6, 6.07) is 6.97. The molecule has 5 nitrogen and oxygen atoms in total. The van der Waals surface area contributed by atoms with Crippen molar-refractivity contribution in [1.29, 1.82) is 0 Å². The quantitative estimate of drug-likeness (QED) is 0.749. The number of nitrogens with two attached hydrogens (primary N) is 1. The largest absolute Gasteiger partial charge is 0.494 e. The molecular formula is C14H22N2O3. The van der Waals surface area contributed by atoms with E-state index in [1.54, 1.807) is 7.05 Å². The van der Waals surface area contributed by atoms with Crippen molar-refractivity contribution in [2.75, 3.05) is 26.8 Å². The third-order valence-corrected chi connectivity index (χ3v) is 2.86. The van der Waals surface area contributed by atoms with Crippen LogP contribution in [-0.2, 0) is 11.2 Å². The van der Waals surface area contributed by atoms with Crippen LogP contribution in [0, 0.1) is 0 Å². The molecule has 0 aliphatic rings. The molecule has 0 spiro atoms. The molecule has 0 saturated carbocycles. The number of aliphatic hydroxyl groups excluding tert-OH is 1. The molecule has 0 aliphatic heterocycles. The molecule has 3 N–H and O–H groups in total. The number of carbonyl (C=O) groups excluding carboxylic acids is 1. The Labute approximate surface area is 114 Å². The first-order chi connectivity index (χ1) is 9.08. The van der Waals surface area contributed by atoms with E-state index < -0.39 is 6.04 Å². The monoisotopic (exact) mass is 266 g/mol. The Hall–Kier alpha value is -1.59. The van der Waals surface area contributed by atoms with E-state index in [1.165, 1.54) is 4.90 Å². The molecule has 0 aliphatic carbocycles. The summed E-state index contributed by atoms with van der Waals surface area (Å²) < 4.78 is 5.36. The molecular weight excluding hydrogens is 244 g/mol. The third kappa shape index (κ3) is 4.89. The minimum Gasteiger partial charge on any atom is -0.494 e. The van der Waals surface area contributed by atoms with Crippen molar-refractivity contribution in [2.45, 2.75) is 19.4 Å². The molecule has 19 heavy (non-hydrogen) atoms. The average Bonchev–Trinajstić information content (AvgIpc) is 2.44. The lowest BCUT2D eigenvalue weighted by Crippen LogP contribution is -2.44. The number of aliphatic hydroxyl groups is 1. The molecule has 0 fully saturated rings. The van der Waals surface area contributed by atoms with Crippen LogP contribution in [0.5, 0.6) is 5.75 Å². The van der Waals surface area contributed by atoms with Crippen LogP contribution in [0.1, 0.15) is 12.5 Å². The number of carbonyl (C=O) groups is 1. The summed E-state index contributed by atoms with van der Waals surface area (Å²) in [5.41, 5.74) is 6.61. The SMILES string of the molecule is CCOc1ccc(CCN(C)C(=O)C(N)CO)cc1. The highest BCUT2D eigenvalue weighted by atomic mass is 16.5. The third-order valence-electron chi connectivity index (χ3n) is 2.86. The number of hydrogen-bond donors (Lipinski definition) is 2. The predicted molar refractivity (Wildman–Crippen MR) is 74.0 cm³/mol. The summed E-state index contributed by atoms with van der Waals surface area (Å²) >= 11 is 0. The first-order valence-electron chi connectivity index (χ1n) is 6.41. The molecule has 0 aromatic heterocycles. The van der Waals surface area contributed by atoms with Crippen LogP contribution in [0.2, 0.25) is 0 Å². The van der Waals surface area contributed by atoms with Gasteiger partial charge in [-0.2, -0.15) is 0 Å². The van der Waals surface area contributed by atoms with E-state index in [1.807, 2.05) is 31.2 Å². The lowest BCUT2D eigenvalue weighted by Gasteiger charge is -2.20. The Balaban J connectivity index is 2.45. The highest BCUT2D eigenvalue weighted by molar-refractivity contribution is 5.81. The Bertz CT molecular complexity index is 392. The van der Waals surface area contributed by atoms with Crippen LogP contribution in [0.25, 0.3) is 0 Å². The zero-order valence-corrected chi connectivity index (χ0v) is 11.5. The van der Waals surface area contributed by atoms with E-state index in [0.29, 0.717) is 13.2 Å². The van der Waals surface area contributed by atoms with Crippen molar-refractivity contribution in [1.82, 2.24) is 4.90 Å². The van der Waals surface area contributed by atoms with Crippen LogP contribution in [0.4, 0.5) is 0 Å². The zero-order chi connectivity index (χ0) is 14.3. The summed E-state index contributed by atoms with van der Waals surface area (Å²) in [5.74, 6) is 0.603. The van der Waals surface area contributed by atoms with E-state index in [4.69, 9.17) is 15.6 Å². The maximum atomic E-state index is 11.7. The van der Waals surface area contributed by atoms with Gasteiger partial charge in [0, 0.05) is 13.6 Å². The molecule has 1 aromatic carbocycles. The van der Waals surface area contributed by atoms with Crippen LogP contribution in [-0.4, -0.2) is 48.8 Å². The van der Waals surface area contributed by atoms with Crippen molar-refractivity contribution >= 4 is 5.91 Å². The fourth-order valence-electron chi connectivity index (χ4n) is 1.69. The van der Waals surface area contributed by atoms with Gasteiger partial charge in [-0.25, -0.2) is 0 Å². The first kappa shape index (κ1) is 15.5. The lowest BCUT2D eigenvalue weighted by molar-refractivity contribution is -0.132. The number of nitrogens with zero attached hydrogens (tertiary/aromatic N) is 1. The minimum absolute atomic E-state index is 0.242. The minimum atomic E-state index is -0.828. The zero-order valence-electron chi connectivity index (χ0n) is 11.5. The van der Waals surface area contributed by atoms with Crippen molar-refractivity contribution in [3.05, 3.63) is 29.8 Å². The van der Waals surface area contributed by atoms with Gasteiger partial charge in [-0.1, -0.05) is 12.1 Å². The molecule has 0 radical (unpaired) electrons. The lowest BCUT2D eigenvalue weighted by atomic mass is 10.1. The Kier molecular flexibility index (Phi) is 6.32. The molecule has 0 heterocycles. The van der Waals surface area contributed by atoms with Gasteiger partial charge in [0.05, 0.1) is 13.2 Å². The fraction of sp³-hybridized carbons (Fsp3) is 0.500.